The summed E-state index contributed by atoms with van der Waals surface area (Å²) >= 11 is 0. The van der Waals surface area contributed by atoms with Crippen LogP contribution in [0, 0.1) is 5.92 Å². The van der Waals surface area contributed by atoms with Crippen molar-refractivity contribution in [1.29, 1.82) is 0 Å². The smallest absolute Gasteiger partial charge is 0.131 e. The van der Waals surface area contributed by atoms with E-state index in [2.05, 4.69) is 51.4 Å². The van der Waals surface area contributed by atoms with Gasteiger partial charge < -0.3 is 26.6 Å². The van der Waals surface area contributed by atoms with E-state index in [0.717, 1.165) is 16.0 Å². The van der Waals surface area contributed by atoms with Crippen molar-refractivity contribution in [1.82, 2.24) is 0 Å². The zero-order valence-corrected chi connectivity index (χ0v) is 23.0. The Bertz CT molecular complexity index is 556. The quantitative estimate of drug-likeness (QED) is 0.244. The van der Waals surface area contributed by atoms with Gasteiger partial charge in [0.05, 0.1) is 20.6 Å². The number of likely N-dealkylation sites (N-methyl/N-ethyl adjacent to an activating group) is 1. The second kappa shape index (κ2) is 17.1. The Labute approximate surface area is 210 Å². The largest absolute Gasteiger partial charge is 1.00 e. The molecular weight excluding hydrogens is 458 g/mol. The molecule has 1 aromatic rings. The minimum Gasteiger partial charge on any atom is -1.00 e. The Kier molecular flexibility index (Phi) is 15.9. The van der Waals surface area contributed by atoms with Gasteiger partial charge in [-0.2, -0.15) is 0 Å². The molecule has 3 heteroatoms. The van der Waals surface area contributed by atoms with Crippen LogP contribution in [0.2, 0.25) is 0 Å². The first-order valence-electron chi connectivity index (χ1n) is 13.6. The van der Waals surface area contributed by atoms with Crippen molar-refractivity contribution >= 4 is 0 Å². The molecule has 2 unspecified atom stereocenters. The molecule has 0 heterocycles. The Hall–Kier alpha value is -0.380. The number of aliphatic hydroxyl groups is 1. The molecule has 1 aliphatic carbocycles. The van der Waals surface area contributed by atoms with Gasteiger partial charge >= 0.3 is 0 Å². The van der Waals surface area contributed by atoms with E-state index in [1.807, 2.05) is 0 Å². The molecule has 0 aliphatic heterocycles. The minimum atomic E-state index is -0.360. The Morgan fingerprint density at radius 2 is 1.34 bits per heavy atom. The molecule has 2 atom stereocenters. The number of unbranched alkanes of at least 4 members (excludes halogenated alkanes) is 9. The third kappa shape index (κ3) is 11.2. The lowest BCUT2D eigenvalue weighted by molar-refractivity contribution is -0.920. The van der Waals surface area contributed by atoms with Crippen molar-refractivity contribution < 1.29 is 26.6 Å². The van der Waals surface area contributed by atoms with Gasteiger partial charge in [-0.3, -0.25) is 0 Å². The molecule has 1 fully saturated rings. The van der Waals surface area contributed by atoms with Gasteiger partial charge in [-0.15, -0.1) is 0 Å². The van der Waals surface area contributed by atoms with E-state index < -0.39 is 0 Å². The highest BCUT2D eigenvalue weighted by Gasteiger charge is 2.37. The van der Waals surface area contributed by atoms with Crippen LogP contribution in [-0.4, -0.2) is 36.3 Å². The van der Waals surface area contributed by atoms with Crippen molar-refractivity contribution in [2.45, 2.75) is 122 Å². The average Bonchev–Trinajstić information content (AvgIpc) is 2.79. The molecule has 0 bridgehead atoms. The normalized spacial score (nSPS) is 17.0. The second-order valence-electron chi connectivity index (χ2n) is 10.8. The monoisotopic (exact) mass is 509 g/mol. The molecule has 0 radical (unpaired) electrons. The summed E-state index contributed by atoms with van der Waals surface area (Å²) in [5.41, 5.74) is 1.09. The molecule has 1 saturated carbocycles. The summed E-state index contributed by atoms with van der Waals surface area (Å²) < 4.78 is 0.948. The van der Waals surface area contributed by atoms with Crippen LogP contribution in [0.3, 0.4) is 0 Å². The van der Waals surface area contributed by atoms with Crippen LogP contribution in [0.5, 0.6) is 0 Å². The Morgan fingerprint density at radius 1 is 0.812 bits per heavy atom. The molecular formula is C29H52BrNO. The predicted molar refractivity (Wildman–Crippen MR) is 135 cm³/mol. The van der Waals surface area contributed by atoms with Crippen molar-refractivity contribution in [3.05, 3.63) is 35.9 Å². The molecule has 1 aromatic carbocycles. The van der Waals surface area contributed by atoms with E-state index in [1.165, 1.54) is 109 Å². The number of hydrogen-bond donors (Lipinski definition) is 1. The predicted octanol–water partition coefficient (Wildman–Crippen LogP) is 5.06. The van der Waals surface area contributed by atoms with Gasteiger partial charge in [0.15, 0.2) is 0 Å². The van der Waals surface area contributed by atoms with Crippen molar-refractivity contribution in [2.24, 2.45) is 5.92 Å². The molecule has 2 nitrogen and oxygen atoms in total. The second-order valence-corrected chi connectivity index (χ2v) is 10.8. The zero-order valence-electron chi connectivity index (χ0n) is 21.4. The number of nitrogens with zero attached hydrogens (tertiary/aromatic N) is 1. The number of quaternary nitrogens is 1. The molecule has 2 rings (SSSR count). The highest BCUT2D eigenvalue weighted by Crippen LogP contribution is 2.35. The summed E-state index contributed by atoms with van der Waals surface area (Å²) in [5.74, 6) is 0.794. The fraction of sp³-hybridized carbons (Fsp3) is 0.793. The van der Waals surface area contributed by atoms with Crippen LogP contribution >= 0.6 is 0 Å². The summed E-state index contributed by atoms with van der Waals surface area (Å²) in [7, 11) is 4.74. The zero-order chi connectivity index (χ0) is 22.4. The Balaban J connectivity index is 0.00000512. The first-order valence-corrected chi connectivity index (χ1v) is 13.6. The molecule has 0 spiro atoms. The number of hydrogen-bond acceptors (Lipinski definition) is 1. The van der Waals surface area contributed by atoms with Crippen molar-refractivity contribution in [3.63, 3.8) is 0 Å². The van der Waals surface area contributed by atoms with Crippen LogP contribution in [0.4, 0.5) is 0 Å². The lowest BCUT2D eigenvalue weighted by Gasteiger charge is -2.43. The van der Waals surface area contributed by atoms with E-state index in [0.29, 0.717) is 6.04 Å². The van der Waals surface area contributed by atoms with E-state index in [9.17, 15) is 5.11 Å². The Morgan fingerprint density at radius 3 is 1.91 bits per heavy atom. The van der Waals surface area contributed by atoms with E-state index in [-0.39, 0.29) is 23.1 Å². The summed E-state index contributed by atoms with van der Waals surface area (Å²) in [6, 6.07) is 10.7. The summed E-state index contributed by atoms with van der Waals surface area (Å²) in [4.78, 5) is 0. The van der Waals surface area contributed by atoms with Crippen LogP contribution in [0.25, 0.3) is 0 Å². The fourth-order valence-corrected chi connectivity index (χ4v) is 5.61. The standard InChI is InChI=1S/C29H52NO.BrH/c1-4-5-6-7-8-9-10-11-12-19-24-30(2,3)28(25-26-20-15-13-16-21-26)29(31)27-22-17-14-18-23-27;/h14,17-18,22-23,26,28-29,31H,4-13,15-16,19-21,24-25H2,1-3H3;1H/q+1;/p-1. The fourth-order valence-electron chi connectivity index (χ4n) is 5.61. The third-order valence-corrected chi connectivity index (χ3v) is 7.79. The number of halogens is 1. The molecule has 186 valence electrons. The maximum Gasteiger partial charge on any atom is 0.131 e. The van der Waals surface area contributed by atoms with Crippen LogP contribution in [0.15, 0.2) is 30.3 Å². The lowest BCUT2D eigenvalue weighted by Crippen LogP contribution is -3.00. The van der Waals surface area contributed by atoms with Gasteiger partial charge in [-0.1, -0.05) is 121 Å². The van der Waals surface area contributed by atoms with Crippen LogP contribution < -0.4 is 17.0 Å². The number of rotatable bonds is 16. The molecule has 1 N–H and O–H groups in total. The summed E-state index contributed by atoms with van der Waals surface area (Å²) in [5, 5.41) is 11.4. The van der Waals surface area contributed by atoms with Crippen LogP contribution in [-0.2, 0) is 0 Å². The first-order chi connectivity index (χ1) is 15.0. The van der Waals surface area contributed by atoms with Gasteiger partial charge in [0, 0.05) is 6.42 Å². The molecule has 0 amide bonds. The van der Waals surface area contributed by atoms with Crippen LogP contribution in [0.1, 0.15) is 121 Å². The van der Waals surface area contributed by atoms with Gasteiger partial charge in [-0.25, -0.2) is 0 Å². The first kappa shape index (κ1) is 29.7. The van der Waals surface area contributed by atoms with Gasteiger partial charge in [-0.05, 0) is 24.3 Å². The van der Waals surface area contributed by atoms with Crippen molar-refractivity contribution in [3.8, 4) is 0 Å². The topological polar surface area (TPSA) is 20.2 Å². The number of aliphatic hydroxyl groups excluding tert-OH is 1. The van der Waals surface area contributed by atoms with Gasteiger partial charge in [0.25, 0.3) is 0 Å². The van der Waals surface area contributed by atoms with E-state index in [4.69, 9.17) is 0 Å². The highest BCUT2D eigenvalue weighted by molar-refractivity contribution is 5.18. The third-order valence-electron chi connectivity index (χ3n) is 7.79. The molecule has 0 saturated heterocycles. The van der Waals surface area contributed by atoms with E-state index in [1.54, 1.807) is 0 Å². The lowest BCUT2D eigenvalue weighted by atomic mass is 9.81. The SMILES string of the molecule is CCCCCCCCCCCC[N+](C)(C)C(CC1CCCCC1)C(O)c1ccccc1.[Br-]. The molecule has 32 heavy (non-hydrogen) atoms. The maximum atomic E-state index is 11.4. The average molecular weight is 511 g/mol. The summed E-state index contributed by atoms with van der Waals surface area (Å²) in [6.45, 7) is 3.47. The maximum absolute atomic E-state index is 11.4. The molecule has 0 aromatic heterocycles. The molecule has 1 aliphatic rings. The number of benzene rings is 1. The summed E-state index contributed by atoms with van der Waals surface area (Å²) in [6.07, 6.45) is 21.5. The van der Waals surface area contributed by atoms with Gasteiger partial charge in [0.2, 0.25) is 0 Å². The highest BCUT2D eigenvalue weighted by atomic mass is 79.9. The van der Waals surface area contributed by atoms with Gasteiger partial charge in [0.1, 0.15) is 12.1 Å². The van der Waals surface area contributed by atoms with E-state index >= 15 is 0 Å². The minimum absolute atomic E-state index is 0. The van der Waals surface area contributed by atoms with Crippen molar-refractivity contribution in [2.75, 3.05) is 20.6 Å².